The predicted octanol–water partition coefficient (Wildman–Crippen LogP) is 0.359. The van der Waals surface area contributed by atoms with E-state index in [1.54, 1.807) is 18.6 Å². The molecule has 3 aliphatic rings. The molecule has 2 amide bonds. The minimum Gasteiger partial charge on any atom is -0.353 e. The molecule has 0 unspecified atom stereocenters. The van der Waals surface area contributed by atoms with E-state index in [1.165, 1.54) is 0 Å². The number of hydrogen-bond donors (Lipinski definition) is 0. The van der Waals surface area contributed by atoms with Gasteiger partial charge in [-0.05, 0) is 12.8 Å². The summed E-state index contributed by atoms with van der Waals surface area (Å²) < 4.78 is 6.02. The van der Waals surface area contributed by atoms with Gasteiger partial charge in [-0.25, -0.2) is 0 Å². The highest BCUT2D eigenvalue weighted by Gasteiger charge is 2.61. The van der Waals surface area contributed by atoms with Crippen LogP contribution in [0.5, 0.6) is 0 Å². The predicted molar refractivity (Wildman–Crippen MR) is 80.1 cm³/mol. The molecule has 1 aromatic heterocycles. The van der Waals surface area contributed by atoms with E-state index in [-0.39, 0.29) is 17.9 Å². The van der Waals surface area contributed by atoms with E-state index in [9.17, 15) is 9.59 Å². The molecule has 4 rings (SSSR count). The lowest BCUT2D eigenvalue weighted by Crippen LogP contribution is -2.56. The summed E-state index contributed by atoms with van der Waals surface area (Å²) in [6.45, 7) is 2.08. The second kappa shape index (κ2) is 5.56. The zero-order valence-corrected chi connectivity index (χ0v) is 13.0. The first-order valence-electron chi connectivity index (χ1n) is 8.19. The van der Waals surface area contributed by atoms with Gasteiger partial charge >= 0.3 is 0 Å². The van der Waals surface area contributed by atoms with Crippen LogP contribution in [0.2, 0.25) is 0 Å². The van der Waals surface area contributed by atoms with Gasteiger partial charge in [0.05, 0.1) is 24.8 Å². The van der Waals surface area contributed by atoms with Crippen molar-refractivity contribution in [1.29, 1.82) is 0 Å². The third-order valence-electron chi connectivity index (χ3n) is 5.14. The van der Waals surface area contributed by atoms with Crippen LogP contribution in [0.3, 0.4) is 0 Å². The van der Waals surface area contributed by atoms with Gasteiger partial charge in [-0.15, -0.1) is 0 Å². The molecule has 3 saturated heterocycles. The number of rotatable bonds is 3. The molecule has 0 aliphatic carbocycles. The Labute approximate surface area is 134 Å². The lowest BCUT2D eigenvalue weighted by Gasteiger charge is -2.42. The normalized spacial score (nSPS) is 29.6. The Morgan fingerprint density at radius 1 is 1.39 bits per heavy atom. The number of likely N-dealkylation sites (tertiary alicyclic amines) is 1. The molecule has 0 aromatic carbocycles. The maximum atomic E-state index is 12.6. The van der Waals surface area contributed by atoms with E-state index < -0.39 is 5.72 Å². The van der Waals surface area contributed by atoms with Crippen LogP contribution in [-0.2, 0) is 20.7 Å². The number of carbonyl (C=O) groups is 2. The Balaban J connectivity index is 1.46. The molecule has 0 bridgehead atoms. The van der Waals surface area contributed by atoms with Crippen LogP contribution in [0.15, 0.2) is 18.6 Å². The molecule has 122 valence electrons. The fourth-order valence-electron chi connectivity index (χ4n) is 4.09. The maximum Gasteiger partial charge on any atom is 0.227 e. The van der Waals surface area contributed by atoms with Gasteiger partial charge in [0.25, 0.3) is 0 Å². The van der Waals surface area contributed by atoms with E-state index >= 15 is 0 Å². The van der Waals surface area contributed by atoms with Crippen LogP contribution in [0, 0.1) is 0 Å². The minimum atomic E-state index is -0.558. The van der Waals surface area contributed by atoms with Crippen LogP contribution in [0.25, 0.3) is 0 Å². The Morgan fingerprint density at radius 2 is 2.30 bits per heavy atom. The maximum absolute atomic E-state index is 12.6. The number of carbonyl (C=O) groups excluding carboxylic acids is 2. The van der Waals surface area contributed by atoms with Gasteiger partial charge in [-0.3, -0.25) is 19.6 Å². The lowest BCUT2D eigenvalue weighted by atomic mass is 10.0. The standard InChI is InChI=1S/C16H20N4O3/c21-14(3-2-12-11-17-5-6-18-12)19-8-4-16-13(19)10-15(22)20(16)7-1-9-23-16/h5-6,11,13H,1-4,7-10H2/t13-,16+/m1/s1. The number of hydrogen-bond acceptors (Lipinski definition) is 5. The second-order valence-electron chi connectivity index (χ2n) is 6.35. The van der Waals surface area contributed by atoms with Gasteiger partial charge in [-0.1, -0.05) is 0 Å². The molecular formula is C16H20N4O3. The highest BCUT2D eigenvalue weighted by molar-refractivity contribution is 5.84. The number of aryl methyl sites for hydroxylation is 1. The fourth-order valence-corrected chi connectivity index (χ4v) is 4.09. The molecule has 4 heterocycles. The van der Waals surface area contributed by atoms with Crippen molar-refractivity contribution in [2.75, 3.05) is 19.7 Å². The Morgan fingerprint density at radius 3 is 3.13 bits per heavy atom. The van der Waals surface area contributed by atoms with Gasteiger partial charge < -0.3 is 14.5 Å². The summed E-state index contributed by atoms with van der Waals surface area (Å²) in [5.41, 5.74) is 0.255. The zero-order valence-electron chi connectivity index (χ0n) is 13.0. The highest BCUT2D eigenvalue weighted by Crippen LogP contribution is 2.45. The topological polar surface area (TPSA) is 75.6 Å². The van der Waals surface area contributed by atoms with Gasteiger partial charge in [0.1, 0.15) is 0 Å². The number of amides is 2. The first kappa shape index (κ1) is 14.6. The molecule has 23 heavy (non-hydrogen) atoms. The van der Waals surface area contributed by atoms with E-state index in [4.69, 9.17) is 4.74 Å². The largest absolute Gasteiger partial charge is 0.353 e. The molecule has 1 aromatic rings. The van der Waals surface area contributed by atoms with E-state index in [0.29, 0.717) is 32.4 Å². The van der Waals surface area contributed by atoms with Crippen LogP contribution in [-0.4, -0.2) is 63.0 Å². The Hall–Kier alpha value is -2.02. The van der Waals surface area contributed by atoms with Crippen LogP contribution < -0.4 is 0 Å². The van der Waals surface area contributed by atoms with Gasteiger partial charge in [0.15, 0.2) is 5.72 Å². The summed E-state index contributed by atoms with van der Waals surface area (Å²) in [5.74, 6) is 0.183. The fraction of sp³-hybridized carbons (Fsp3) is 0.625. The monoisotopic (exact) mass is 316 g/mol. The molecule has 0 saturated carbocycles. The molecule has 0 radical (unpaired) electrons. The van der Waals surface area contributed by atoms with Crippen molar-refractivity contribution in [3.05, 3.63) is 24.3 Å². The Kier molecular flexibility index (Phi) is 3.52. The third-order valence-corrected chi connectivity index (χ3v) is 5.14. The molecule has 7 nitrogen and oxygen atoms in total. The van der Waals surface area contributed by atoms with Gasteiger partial charge in [0.2, 0.25) is 11.8 Å². The quantitative estimate of drug-likeness (QED) is 0.805. The van der Waals surface area contributed by atoms with Crippen LogP contribution in [0.4, 0.5) is 0 Å². The van der Waals surface area contributed by atoms with Gasteiger partial charge in [0, 0.05) is 44.5 Å². The third kappa shape index (κ3) is 2.30. The number of ether oxygens (including phenoxy) is 1. The van der Waals surface area contributed by atoms with Crippen molar-refractivity contribution in [3.8, 4) is 0 Å². The Bertz CT molecular complexity index is 623. The molecular weight excluding hydrogens is 296 g/mol. The molecule has 0 N–H and O–H groups in total. The summed E-state index contributed by atoms with van der Waals surface area (Å²) in [6, 6.07) is -0.135. The van der Waals surface area contributed by atoms with Crippen LogP contribution >= 0.6 is 0 Å². The summed E-state index contributed by atoms with van der Waals surface area (Å²) in [6.07, 6.45) is 7.88. The van der Waals surface area contributed by atoms with E-state index in [2.05, 4.69) is 9.97 Å². The van der Waals surface area contributed by atoms with Crippen LogP contribution in [0.1, 0.15) is 31.4 Å². The molecule has 3 fully saturated rings. The zero-order chi connectivity index (χ0) is 15.9. The molecule has 2 atom stereocenters. The first-order chi connectivity index (χ1) is 11.2. The van der Waals surface area contributed by atoms with Crippen molar-refractivity contribution in [1.82, 2.24) is 19.8 Å². The number of nitrogens with zero attached hydrogens (tertiary/aromatic N) is 4. The molecule has 7 heteroatoms. The van der Waals surface area contributed by atoms with E-state index in [0.717, 1.165) is 25.1 Å². The second-order valence-corrected chi connectivity index (χ2v) is 6.35. The first-order valence-corrected chi connectivity index (χ1v) is 8.19. The lowest BCUT2D eigenvalue weighted by molar-refractivity contribution is -0.181. The van der Waals surface area contributed by atoms with Gasteiger partial charge in [-0.2, -0.15) is 0 Å². The minimum absolute atomic E-state index is 0.0707. The average molecular weight is 316 g/mol. The molecule has 3 aliphatic heterocycles. The molecule has 1 spiro atoms. The summed E-state index contributed by atoms with van der Waals surface area (Å²) in [7, 11) is 0. The summed E-state index contributed by atoms with van der Waals surface area (Å²) >= 11 is 0. The number of aromatic nitrogens is 2. The smallest absolute Gasteiger partial charge is 0.227 e. The van der Waals surface area contributed by atoms with Crippen molar-refractivity contribution >= 4 is 11.8 Å². The van der Waals surface area contributed by atoms with Crippen molar-refractivity contribution in [3.63, 3.8) is 0 Å². The highest BCUT2D eigenvalue weighted by atomic mass is 16.5. The summed E-state index contributed by atoms with van der Waals surface area (Å²) in [5, 5.41) is 0. The summed E-state index contributed by atoms with van der Waals surface area (Å²) in [4.78, 5) is 36.8. The van der Waals surface area contributed by atoms with Crippen molar-refractivity contribution in [2.45, 2.75) is 43.9 Å². The average Bonchev–Trinajstić information content (AvgIpc) is 3.06. The van der Waals surface area contributed by atoms with Crippen molar-refractivity contribution < 1.29 is 14.3 Å². The SMILES string of the molecule is O=C(CCc1cnccn1)N1CC[C@@]23OCCCN2C(=O)C[C@@H]13. The van der Waals surface area contributed by atoms with E-state index in [1.807, 2.05) is 9.80 Å². The van der Waals surface area contributed by atoms with Crippen molar-refractivity contribution in [2.24, 2.45) is 0 Å².